The van der Waals surface area contributed by atoms with Gasteiger partial charge in [-0.2, -0.15) is 5.26 Å². The predicted octanol–water partition coefficient (Wildman–Crippen LogP) is 1.88. The van der Waals surface area contributed by atoms with Gasteiger partial charge < -0.3 is 4.74 Å². The number of nitrogens with zero attached hydrogens (tertiary/aromatic N) is 1. The van der Waals surface area contributed by atoms with E-state index in [0.29, 0.717) is 0 Å². The van der Waals surface area contributed by atoms with Crippen LogP contribution < -0.4 is 4.74 Å². The predicted molar refractivity (Wildman–Crippen MR) is 42.4 cm³/mol. The maximum absolute atomic E-state index is 8.69. The van der Waals surface area contributed by atoms with Crippen LogP contribution in [0.15, 0.2) is 18.2 Å². The van der Waals surface area contributed by atoms with Gasteiger partial charge in [-0.15, -0.1) is 0 Å². The lowest BCUT2D eigenvalue weighted by molar-refractivity contribution is 0.413. The summed E-state index contributed by atoms with van der Waals surface area (Å²) in [5.41, 5.74) is 1.08. The second-order valence-electron chi connectivity index (χ2n) is 2.21. The molecule has 0 unspecified atom stereocenters. The van der Waals surface area contributed by atoms with Gasteiger partial charge in [-0.3, -0.25) is 0 Å². The molecule has 0 spiro atoms. The Morgan fingerprint density at radius 1 is 1.64 bits per heavy atom. The number of benzene rings is 1. The maximum atomic E-state index is 8.69. The molecule has 11 heavy (non-hydrogen) atoms. The van der Waals surface area contributed by atoms with Gasteiger partial charge in [0.1, 0.15) is 11.8 Å². The lowest BCUT2D eigenvalue weighted by Crippen LogP contribution is -1.87. The average Bonchev–Trinajstić information content (AvgIpc) is 2.01. The second kappa shape index (κ2) is 3.07. The van der Waals surface area contributed by atoms with E-state index >= 15 is 0 Å². The quantitative estimate of drug-likeness (QED) is 0.612. The van der Waals surface area contributed by atoms with E-state index in [4.69, 9.17) is 9.37 Å². The molecule has 0 bridgehead atoms. The first-order valence-electron chi connectivity index (χ1n) is 4.62. The van der Waals surface area contributed by atoms with Gasteiger partial charge in [-0.05, 0) is 24.6 Å². The zero-order valence-electron chi connectivity index (χ0n) is 9.09. The molecular weight excluding hydrogens is 138 g/mol. The van der Waals surface area contributed by atoms with Gasteiger partial charge in [-0.1, -0.05) is 6.07 Å². The Balaban J connectivity index is 3.07. The smallest absolute Gasteiger partial charge is 0.136 e. The van der Waals surface area contributed by atoms with Gasteiger partial charge in [-0.25, -0.2) is 0 Å². The highest BCUT2D eigenvalue weighted by Gasteiger charge is 1.99. The van der Waals surface area contributed by atoms with E-state index in [1.54, 1.807) is 13.0 Å². The van der Waals surface area contributed by atoms with E-state index in [2.05, 4.69) is 4.74 Å². The molecule has 2 nitrogen and oxygen atoms in total. The van der Waals surface area contributed by atoms with Crippen LogP contribution in [-0.4, -0.2) is 7.04 Å². The standard InChI is InChI=1S/C9H9NO/c1-7-3-4-8(6-10)9(5-7)11-2/h3-5H,1-2H3/i2D3. The molecule has 0 aliphatic heterocycles. The van der Waals surface area contributed by atoms with Crippen LogP contribution in [0, 0.1) is 18.3 Å². The van der Waals surface area contributed by atoms with Crippen LogP contribution in [0.4, 0.5) is 0 Å². The Labute approximate surface area is 70.2 Å². The molecule has 0 atom stereocenters. The number of hydrogen-bond acceptors (Lipinski definition) is 2. The fraction of sp³-hybridized carbons (Fsp3) is 0.222. The largest absolute Gasteiger partial charge is 0.495 e. The fourth-order valence-corrected chi connectivity index (χ4v) is 0.806. The Morgan fingerprint density at radius 2 is 2.45 bits per heavy atom. The number of hydrogen-bond donors (Lipinski definition) is 0. The van der Waals surface area contributed by atoms with Crippen LogP contribution >= 0.6 is 0 Å². The van der Waals surface area contributed by atoms with Crippen molar-refractivity contribution in [1.29, 1.82) is 5.26 Å². The molecule has 0 saturated heterocycles. The average molecular weight is 150 g/mol. The maximum Gasteiger partial charge on any atom is 0.136 e. The molecule has 0 amide bonds. The molecule has 1 aromatic carbocycles. The fourth-order valence-electron chi connectivity index (χ4n) is 0.806. The molecule has 0 fully saturated rings. The molecule has 0 radical (unpaired) electrons. The van der Waals surface area contributed by atoms with Crippen molar-refractivity contribution in [2.45, 2.75) is 6.92 Å². The highest BCUT2D eigenvalue weighted by molar-refractivity contribution is 5.44. The zero-order valence-corrected chi connectivity index (χ0v) is 6.09. The van der Waals surface area contributed by atoms with Crippen LogP contribution in [0.3, 0.4) is 0 Å². The molecule has 0 aliphatic rings. The van der Waals surface area contributed by atoms with Crippen molar-refractivity contribution < 1.29 is 8.85 Å². The molecule has 1 rings (SSSR count). The van der Waals surface area contributed by atoms with Crippen molar-refractivity contribution in [2.24, 2.45) is 0 Å². The number of nitriles is 1. The minimum absolute atomic E-state index is 0.104. The first-order valence-corrected chi connectivity index (χ1v) is 3.12. The molecule has 56 valence electrons. The van der Waals surface area contributed by atoms with E-state index in [0.717, 1.165) is 5.56 Å². The summed E-state index contributed by atoms with van der Waals surface area (Å²) in [5.74, 6) is 0.104. The van der Waals surface area contributed by atoms with Gasteiger partial charge >= 0.3 is 0 Å². The summed E-state index contributed by atoms with van der Waals surface area (Å²) in [6.45, 7) is 1.80. The zero-order chi connectivity index (χ0) is 10.8. The summed E-state index contributed by atoms with van der Waals surface area (Å²) in [4.78, 5) is 0. The lowest BCUT2D eigenvalue weighted by atomic mass is 10.1. The molecule has 2 heteroatoms. The highest BCUT2D eigenvalue weighted by atomic mass is 16.5. The second-order valence-corrected chi connectivity index (χ2v) is 2.21. The topological polar surface area (TPSA) is 33.0 Å². The summed E-state index contributed by atoms with van der Waals surface area (Å²) in [6, 6.07) is 6.67. The Morgan fingerprint density at radius 3 is 3.09 bits per heavy atom. The molecule has 0 aliphatic carbocycles. The van der Waals surface area contributed by atoms with Crippen LogP contribution in [0.25, 0.3) is 0 Å². The third-order valence-electron chi connectivity index (χ3n) is 1.37. The normalized spacial score (nSPS) is 14.0. The lowest BCUT2D eigenvalue weighted by Gasteiger charge is -2.01. The van der Waals surface area contributed by atoms with Crippen LogP contribution in [0.1, 0.15) is 15.2 Å². The highest BCUT2D eigenvalue weighted by Crippen LogP contribution is 2.18. The van der Waals surface area contributed by atoms with Crippen molar-refractivity contribution in [2.75, 3.05) is 7.04 Å². The number of ether oxygens (including phenoxy) is 1. The molecule has 1 aromatic rings. The summed E-state index contributed by atoms with van der Waals surface area (Å²) in [5, 5.41) is 8.69. The Hall–Kier alpha value is -1.49. The number of aryl methyl sites for hydroxylation is 1. The van der Waals surface area contributed by atoms with Crippen molar-refractivity contribution in [3.8, 4) is 11.8 Å². The summed E-state index contributed by atoms with van der Waals surface area (Å²) >= 11 is 0. The van der Waals surface area contributed by atoms with Gasteiger partial charge in [0.15, 0.2) is 0 Å². The monoisotopic (exact) mass is 150 g/mol. The van der Waals surface area contributed by atoms with Gasteiger partial charge in [0, 0.05) is 0 Å². The molecular formula is C9H9NO. The van der Waals surface area contributed by atoms with Crippen LogP contribution in [0.2, 0.25) is 0 Å². The number of rotatable bonds is 1. The Bertz CT molecular complexity index is 379. The van der Waals surface area contributed by atoms with Crippen molar-refractivity contribution in [3.05, 3.63) is 29.3 Å². The van der Waals surface area contributed by atoms with Crippen LogP contribution in [-0.2, 0) is 0 Å². The van der Waals surface area contributed by atoms with E-state index in [9.17, 15) is 0 Å². The molecule has 0 heterocycles. The molecule has 0 saturated carbocycles. The summed E-state index contributed by atoms with van der Waals surface area (Å²) in [6.07, 6.45) is 0. The van der Waals surface area contributed by atoms with E-state index in [1.807, 2.05) is 6.07 Å². The van der Waals surface area contributed by atoms with Crippen molar-refractivity contribution >= 4 is 0 Å². The molecule has 0 aromatic heterocycles. The van der Waals surface area contributed by atoms with Gasteiger partial charge in [0.2, 0.25) is 0 Å². The van der Waals surface area contributed by atoms with E-state index in [1.165, 1.54) is 12.1 Å². The first kappa shape index (κ1) is 4.40. The minimum atomic E-state index is -2.51. The van der Waals surface area contributed by atoms with Gasteiger partial charge in [0.25, 0.3) is 0 Å². The minimum Gasteiger partial charge on any atom is -0.495 e. The third-order valence-corrected chi connectivity index (χ3v) is 1.37. The summed E-state index contributed by atoms with van der Waals surface area (Å²) in [7, 11) is -2.51. The van der Waals surface area contributed by atoms with Crippen LogP contribution in [0.5, 0.6) is 5.75 Å². The molecule has 0 N–H and O–H groups in total. The first-order chi connectivity index (χ1) is 6.42. The van der Waals surface area contributed by atoms with Crippen molar-refractivity contribution in [3.63, 3.8) is 0 Å². The Kier molecular flexibility index (Phi) is 1.23. The van der Waals surface area contributed by atoms with E-state index < -0.39 is 7.04 Å². The third kappa shape index (κ3) is 1.50. The van der Waals surface area contributed by atoms with E-state index in [-0.39, 0.29) is 11.3 Å². The van der Waals surface area contributed by atoms with Gasteiger partial charge in [0.05, 0.1) is 16.7 Å². The number of methoxy groups -OCH3 is 1. The SMILES string of the molecule is [2H]C([2H])([2H])Oc1cc(C)ccc1C#N. The van der Waals surface area contributed by atoms with Crippen molar-refractivity contribution in [1.82, 2.24) is 0 Å². The summed E-state index contributed by atoms with van der Waals surface area (Å²) < 4.78 is 25.4.